The first-order chi connectivity index (χ1) is 6.73. The fraction of sp³-hybridized carbons (Fsp3) is 0.125. The second-order valence-corrected chi connectivity index (χ2v) is 4.70. The van der Waals surface area contributed by atoms with Crippen LogP contribution in [0.25, 0.3) is 0 Å². The van der Waals surface area contributed by atoms with E-state index in [4.69, 9.17) is 21.9 Å². The third kappa shape index (κ3) is 2.47. The summed E-state index contributed by atoms with van der Waals surface area (Å²) in [6, 6.07) is 2.07. The van der Waals surface area contributed by atoms with Crippen molar-refractivity contribution >= 4 is 33.2 Å². The fourth-order valence-corrected chi connectivity index (χ4v) is 2.11. The van der Waals surface area contributed by atoms with Crippen LogP contribution in [0.1, 0.15) is 17.3 Å². The van der Waals surface area contributed by atoms with Gasteiger partial charge in [0, 0.05) is 11.3 Å². The number of anilines is 1. The molecule has 1 aromatic carbocycles. The highest BCUT2D eigenvalue weighted by Crippen LogP contribution is 2.27. The Kier molecular flexibility index (Phi) is 3.03. The quantitative estimate of drug-likeness (QED) is 0.469. The van der Waals surface area contributed by atoms with Gasteiger partial charge in [-0.1, -0.05) is 11.6 Å². The molecule has 0 saturated carbocycles. The Labute approximate surface area is 91.6 Å². The van der Waals surface area contributed by atoms with Crippen molar-refractivity contribution in [1.82, 2.24) is 0 Å². The van der Waals surface area contributed by atoms with Crippen LogP contribution in [-0.4, -0.2) is 18.8 Å². The summed E-state index contributed by atoms with van der Waals surface area (Å²) in [5.41, 5.74) is 5.53. The van der Waals surface area contributed by atoms with E-state index in [0.717, 1.165) is 12.1 Å². The van der Waals surface area contributed by atoms with Crippen molar-refractivity contribution in [2.24, 2.45) is 0 Å². The minimum Gasteiger partial charge on any atom is -0.398 e. The Morgan fingerprint density at radius 1 is 1.47 bits per heavy atom. The number of carbonyl (C=O) groups excluding carboxylic acids is 1. The van der Waals surface area contributed by atoms with Crippen molar-refractivity contribution in [1.29, 1.82) is 0 Å². The summed E-state index contributed by atoms with van der Waals surface area (Å²) in [6.45, 7) is 1.23. The molecule has 1 aromatic rings. The van der Waals surface area contributed by atoms with Crippen molar-refractivity contribution in [3.63, 3.8) is 0 Å². The van der Waals surface area contributed by atoms with E-state index in [1.807, 2.05) is 0 Å². The minimum absolute atomic E-state index is 0.00650. The second-order valence-electron chi connectivity index (χ2n) is 2.90. The summed E-state index contributed by atoms with van der Waals surface area (Å²) in [7, 11) is -4.45. The first kappa shape index (κ1) is 12.0. The number of rotatable bonds is 2. The number of nitrogens with two attached hydrogens (primary N) is 1. The smallest absolute Gasteiger partial charge is 0.296 e. The predicted molar refractivity (Wildman–Crippen MR) is 55.7 cm³/mol. The molecular weight excluding hydrogens is 242 g/mol. The summed E-state index contributed by atoms with van der Waals surface area (Å²) >= 11 is 5.56. The molecule has 0 amide bonds. The molecule has 82 valence electrons. The Bertz CT molecular complexity index is 524. The van der Waals surface area contributed by atoms with Crippen LogP contribution >= 0.6 is 11.6 Å². The lowest BCUT2D eigenvalue weighted by molar-refractivity contribution is 0.101. The standard InChI is InChI=1S/C8H8ClNO4S/c1-4(11)5-2-8(15(12,13)14)6(9)3-7(5)10/h2-3H,10H2,1H3,(H,12,13,14). The number of ketones is 1. The highest BCUT2D eigenvalue weighted by molar-refractivity contribution is 7.86. The summed E-state index contributed by atoms with van der Waals surface area (Å²) in [4.78, 5) is 10.5. The molecule has 0 unspecified atom stereocenters. The Balaban J connectivity index is 3.58. The monoisotopic (exact) mass is 249 g/mol. The number of hydrogen-bond acceptors (Lipinski definition) is 4. The second kappa shape index (κ2) is 3.80. The Hall–Kier alpha value is -1.11. The van der Waals surface area contributed by atoms with Gasteiger partial charge in [0.25, 0.3) is 10.1 Å². The average Bonchev–Trinajstić information content (AvgIpc) is 2.00. The summed E-state index contributed by atoms with van der Waals surface area (Å²) in [6.07, 6.45) is 0. The zero-order valence-corrected chi connectivity index (χ0v) is 9.26. The van der Waals surface area contributed by atoms with Gasteiger partial charge in [0.2, 0.25) is 0 Å². The van der Waals surface area contributed by atoms with Gasteiger partial charge in [-0.2, -0.15) is 8.42 Å². The highest BCUT2D eigenvalue weighted by Gasteiger charge is 2.18. The van der Waals surface area contributed by atoms with Crippen LogP contribution in [0.15, 0.2) is 17.0 Å². The van der Waals surface area contributed by atoms with Gasteiger partial charge in [-0.15, -0.1) is 0 Å². The van der Waals surface area contributed by atoms with Crippen LogP contribution in [0, 0.1) is 0 Å². The van der Waals surface area contributed by atoms with E-state index in [1.54, 1.807) is 0 Å². The topological polar surface area (TPSA) is 97.5 Å². The molecule has 0 aliphatic rings. The maximum absolute atomic E-state index is 11.1. The van der Waals surface area contributed by atoms with Gasteiger partial charge in [0.1, 0.15) is 4.90 Å². The number of Topliss-reactive ketones (excluding diaryl/α,β-unsaturated/α-hetero) is 1. The van der Waals surface area contributed by atoms with Crippen molar-refractivity contribution in [2.45, 2.75) is 11.8 Å². The van der Waals surface area contributed by atoms with E-state index in [-0.39, 0.29) is 16.3 Å². The van der Waals surface area contributed by atoms with E-state index in [1.165, 1.54) is 6.92 Å². The molecule has 0 heterocycles. The third-order valence-corrected chi connectivity index (χ3v) is 3.08. The van der Waals surface area contributed by atoms with Gasteiger partial charge in [-0.25, -0.2) is 0 Å². The summed E-state index contributed by atoms with van der Waals surface area (Å²) < 4.78 is 30.5. The van der Waals surface area contributed by atoms with Crippen molar-refractivity contribution in [2.75, 3.05) is 5.73 Å². The number of benzene rings is 1. The first-order valence-electron chi connectivity index (χ1n) is 3.81. The van der Waals surface area contributed by atoms with E-state index < -0.39 is 20.8 Å². The molecule has 15 heavy (non-hydrogen) atoms. The van der Waals surface area contributed by atoms with Crippen molar-refractivity contribution in [3.8, 4) is 0 Å². The predicted octanol–water partition coefficient (Wildman–Crippen LogP) is 1.37. The van der Waals surface area contributed by atoms with Crippen LogP contribution in [-0.2, 0) is 10.1 Å². The zero-order valence-electron chi connectivity index (χ0n) is 7.69. The molecule has 0 bridgehead atoms. The van der Waals surface area contributed by atoms with Crippen LogP contribution in [0.2, 0.25) is 5.02 Å². The van der Waals surface area contributed by atoms with E-state index >= 15 is 0 Å². The molecule has 0 aromatic heterocycles. The molecule has 0 spiro atoms. The molecule has 0 atom stereocenters. The van der Waals surface area contributed by atoms with Crippen molar-refractivity contribution < 1.29 is 17.8 Å². The van der Waals surface area contributed by atoms with Gasteiger partial charge < -0.3 is 5.73 Å². The molecule has 0 aliphatic carbocycles. The molecule has 3 N–H and O–H groups in total. The molecule has 0 saturated heterocycles. The molecule has 0 radical (unpaired) electrons. The number of hydrogen-bond donors (Lipinski definition) is 2. The normalized spacial score (nSPS) is 11.4. The molecule has 7 heteroatoms. The maximum Gasteiger partial charge on any atom is 0.296 e. The number of carbonyl (C=O) groups is 1. The molecular formula is C8H8ClNO4S. The highest BCUT2D eigenvalue weighted by atomic mass is 35.5. The lowest BCUT2D eigenvalue weighted by atomic mass is 10.1. The molecule has 1 rings (SSSR count). The average molecular weight is 250 g/mol. The van der Waals surface area contributed by atoms with Crippen LogP contribution < -0.4 is 5.73 Å². The van der Waals surface area contributed by atoms with E-state index in [0.29, 0.717) is 0 Å². The number of nitrogen functional groups attached to an aromatic ring is 1. The minimum atomic E-state index is -4.45. The van der Waals surface area contributed by atoms with Gasteiger partial charge in [-0.3, -0.25) is 9.35 Å². The summed E-state index contributed by atoms with van der Waals surface area (Å²) in [5.74, 6) is -0.408. The van der Waals surface area contributed by atoms with Gasteiger partial charge in [0.05, 0.1) is 5.02 Å². The molecule has 5 nitrogen and oxygen atoms in total. The molecule has 0 aliphatic heterocycles. The van der Waals surface area contributed by atoms with Gasteiger partial charge >= 0.3 is 0 Å². The SMILES string of the molecule is CC(=O)c1cc(S(=O)(=O)O)c(Cl)cc1N. The lowest BCUT2D eigenvalue weighted by Gasteiger charge is -2.06. The Morgan fingerprint density at radius 2 is 2.00 bits per heavy atom. The first-order valence-corrected chi connectivity index (χ1v) is 5.62. The summed E-state index contributed by atoms with van der Waals surface area (Å²) in [5, 5.41) is -0.222. The lowest BCUT2D eigenvalue weighted by Crippen LogP contribution is -2.05. The molecule has 0 fully saturated rings. The van der Waals surface area contributed by atoms with E-state index in [2.05, 4.69) is 0 Å². The van der Waals surface area contributed by atoms with Crippen LogP contribution in [0.4, 0.5) is 5.69 Å². The van der Waals surface area contributed by atoms with Crippen molar-refractivity contribution in [3.05, 3.63) is 22.7 Å². The van der Waals surface area contributed by atoms with Crippen LogP contribution in [0.5, 0.6) is 0 Å². The third-order valence-electron chi connectivity index (χ3n) is 1.76. The maximum atomic E-state index is 11.1. The number of halogens is 1. The Morgan fingerprint density at radius 3 is 2.40 bits per heavy atom. The largest absolute Gasteiger partial charge is 0.398 e. The van der Waals surface area contributed by atoms with Crippen LogP contribution in [0.3, 0.4) is 0 Å². The fourth-order valence-electron chi connectivity index (χ4n) is 1.07. The van der Waals surface area contributed by atoms with Gasteiger partial charge in [0.15, 0.2) is 5.78 Å². The zero-order chi connectivity index (χ0) is 11.8. The van der Waals surface area contributed by atoms with E-state index in [9.17, 15) is 13.2 Å². The van der Waals surface area contributed by atoms with Gasteiger partial charge in [-0.05, 0) is 19.1 Å².